The number of fused-ring (bicyclic) bond motifs is 9. The maximum absolute atomic E-state index is 5.01. The number of aromatic nitrogens is 4. The first-order valence-electron chi connectivity index (χ1n) is 18.4. The van der Waals surface area contributed by atoms with Crippen molar-refractivity contribution in [2.24, 2.45) is 0 Å². The second-order valence-corrected chi connectivity index (χ2v) is 15.0. The van der Waals surface area contributed by atoms with Crippen LogP contribution in [0.15, 0.2) is 182 Å². The Morgan fingerprint density at radius 3 is 1.44 bits per heavy atom. The molecule has 0 amide bonds. The minimum atomic E-state index is 0.632. The third-order valence-electron chi connectivity index (χ3n) is 10.6. The summed E-state index contributed by atoms with van der Waals surface area (Å²) >= 11 is 1.87. The predicted octanol–water partition coefficient (Wildman–Crippen LogP) is 13.4. The van der Waals surface area contributed by atoms with Crippen molar-refractivity contribution in [3.05, 3.63) is 182 Å². The molecule has 3 heterocycles. The van der Waals surface area contributed by atoms with Crippen LogP contribution in [0.25, 0.3) is 109 Å². The summed E-state index contributed by atoms with van der Waals surface area (Å²) in [6, 6.07) is 60.3. The van der Waals surface area contributed by atoms with Crippen molar-refractivity contribution in [2.45, 2.75) is 0 Å². The Bertz CT molecular complexity index is 3230. The Balaban J connectivity index is 1.00. The molecule has 0 aliphatic heterocycles. The highest BCUT2D eigenvalue weighted by Gasteiger charge is 2.15. The van der Waals surface area contributed by atoms with Gasteiger partial charge in [0.1, 0.15) is 0 Å². The molecule has 4 nitrogen and oxygen atoms in total. The largest absolute Gasteiger partial charge is 0.264 e. The summed E-state index contributed by atoms with van der Waals surface area (Å²) in [7, 11) is 0. The topological polar surface area (TPSA) is 51.6 Å². The van der Waals surface area contributed by atoms with E-state index in [1.807, 2.05) is 53.9 Å². The van der Waals surface area contributed by atoms with Gasteiger partial charge in [-0.05, 0) is 84.9 Å². The van der Waals surface area contributed by atoms with Crippen molar-refractivity contribution in [1.29, 1.82) is 0 Å². The SMILES string of the molecule is c1ccc(-c2nc(-c3ccc(-c4cccnc4)cc3)nc(-c3ccc(-c4ccc5c(c4)c4ccccc4c4cc6sc7ccccc7c6cc54)cc3)n2)cc1. The molecule has 11 aromatic rings. The highest BCUT2D eigenvalue weighted by Crippen LogP contribution is 2.42. The molecule has 55 heavy (non-hydrogen) atoms. The van der Waals surface area contributed by atoms with E-state index in [4.69, 9.17) is 15.0 Å². The van der Waals surface area contributed by atoms with E-state index in [0.717, 1.165) is 33.4 Å². The van der Waals surface area contributed by atoms with Crippen molar-refractivity contribution < 1.29 is 0 Å². The van der Waals surface area contributed by atoms with E-state index in [1.54, 1.807) is 6.20 Å². The Labute approximate surface area is 321 Å². The third kappa shape index (κ3) is 5.44. The second-order valence-electron chi connectivity index (χ2n) is 13.9. The Morgan fingerprint density at radius 1 is 0.291 bits per heavy atom. The van der Waals surface area contributed by atoms with Crippen LogP contribution in [0.2, 0.25) is 0 Å². The number of rotatable bonds is 5. The van der Waals surface area contributed by atoms with E-state index < -0.39 is 0 Å². The fraction of sp³-hybridized carbons (Fsp3) is 0. The highest BCUT2D eigenvalue weighted by atomic mass is 32.1. The molecule has 0 saturated heterocycles. The Hall–Kier alpha value is -7.08. The van der Waals surface area contributed by atoms with Crippen LogP contribution in [0.4, 0.5) is 0 Å². The lowest BCUT2D eigenvalue weighted by Gasteiger charge is -2.13. The Morgan fingerprint density at radius 2 is 0.782 bits per heavy atom. The summed E-state index contributed by atoms with van der Waals surface area (Å²) in [4.78, 5) is 19.2. The average molecular weight is 719 g/mol. The van der Waals surface area contributed by atoms with Gasteiger partial charge in [-0.3, -0.25) is 4.98 Å². The highest BCUT2D eigenvalue weighted by molar-refractivity contribution is 7.25. The summed E-state index contributed by atoms with van der Waals surface area (Å²) in [6.45, 7) is 0. The molecule has 0 aliphatic rings. The van der Waals surface area contributed by atoms with Gasteiger partial charge in [-0.2, -0.15) is 0 Å². The molecule has 8 aromatic carbocycles. The van der Waals surface area contributed by atoms with Crippen molar-refractivity contribution in [3.63, 3.8) is 0 Å². The molecule has 0 spiro atoms. The lowest BCUT2D eigenvalue weighted by Crippen LogP contribution is -2.00. The van der Waals surface area contributed by atoms with Crippen LogP contribution in [-0.4, -0.2) is 19.9 Å². The lowest BCUT2D eigenvalue weighted by atomic mass is 9.91. The van der Waals surface area contributed by atoms with Gasteiger partial charge in [-0.15, -0.1) is 11.3 Å². The molecule has 256 valence electrons. The van der Waals surface area contributed by atoms with Crippen LogP contribution >= 0.6 is 11.3 Å². The molecule has 0 aliphatic carbocycles. The first kappa shape index (κ1) is 31.4. The van der Waals surface area contributed by atoms with Crippen molar-refractivity contribution >= 4 is 63.8 Å². The maximum atomic E-state index is 5.01. The van der Waals surface area contributed by atoms with E-state index in [9.17, 15) is 0 Å². The van der Waals surface area contributed by atoms with Gasteiger partial charge in [0.25, 0.3) is 0 Å². The molecule has 3 aromatic heterocycles. The number of nitrogens with zero attached hydrogens (tertiary/aromatic N) is 4. The van der Waals surface area contributed by atoms with Crippen LogP contribution < -0.4 is 0 Å². The van der Waals surface area contributed by atoms with E-state index in [2.05, 4.69) is 138 Å². The minimum Gasteiger partial charge on any atom is -0.264 e. The van der Waals surface area contributed by atoms with Crippen LogP contribution in [0.3, 0.4) is 0 Å². The molecule has 0 atom stereocenters. The smallest absolute Gasteiger partial charge is 0.164 e. The molecule has 0 fully saturated rings. The lowest BCUT2D eigenvalue weighted by molar-refractivity contribution is 1.07. The van der Waals surface area contributed by atoms with Crippen molar-refractivity contribution in [1.82, 2.24) is 19.9 Å². The molecule has 11 rings (SSSR count). The number of pyridine rings is 1. The van der Waals surface area contributed by atoms with Crippen LogP contribution in [0.5, 0.6) is 0 Å². The molecular formula is C50H30N4S. The number of hydrogen-bond donors (Lipinski definition) is 0. The summed E-state index contributed by atoms with van der Waals surface area (Å²) in [5.74, 6) is 1.91. The van der Waals surface area contributed by atoms with Gasteiger partial charge in [0.05, 0.1) is 0 Å². The normalized spacial score (nSPS) is 11.6. The zero-order chi connectivity index (χ0) is 36.3. The van der Waals surface area contributed by atoms with Gasteiger partial charge in [0.2, 0.25) is 0 Å². The van der Waals surface area contributed by atoms with Gasteiger partial charge in [0.15, 0.2) is 17.5 Å². The Kier molecular flexibility index (Phi) is 7.32. The van der Waals surface area contributed by atoms with Gasteiger partial charge < -0.3 is 0 Å². The zero-order valence-corrected chi connectivity index (χ0v) is 30.3. The standard InChI is InChI=1S/C50H30N4S/c1-2-9-33(10-3-1)48-52-49(54-50(53-48)35-22-18-32(19-23-35)37-11-8-26-51-30-37)34-20-16-31(17-21-34)36-24-25-40-42(27-36)38-12-4-5-13-39(38)44-29-47-45(28-43(40)44)41-14-6-7-15-46(41)55-47/h1-30H. The third-order valence-corrected chi connectivity index (χ3v) is 11.7. The summed E-state index contributed by atoms with van der Waals surface area (Å²) in [5, 5.41) is 10.3. The van der Waals surface area contributed by atoms with Gasteiger partial charge in [-0.25, -0.2) is 15.0 Å². The predicted molar refractivity (Wildman–Crippen MR) is 230 cm³/mol. The molecule has 0 saturated carbocycles. The van der Waals surface area contributed by atoms with Crippen LogP contribution in [0.1, 0.15) is 0 Å². The first-order chi connectivity index (χ1) is 27.2. The molecule has 5 heteroatoms. The molecule has 0 bridgehead atoms. The molecule has 0 unspecified atom stereocenters. The van der Waals surface area contributed by atoms with Gasteiger partial charge >= 0.3 is 0 Å². The van der Waals surface area contributed by atoms with Crippen LogP contribution in [0, 0.1) is 0 Å². The number of thiophene rings is 1. The van der Waals surface area contributed by atoms with E-state index >= 15 is 0 Å². The van der Waals surface area contributed by atoms with E-state index in [0.29, 0.717) is 17.5 Å². The molecular weight excluding hydrogens is 689 g/mol. The molecule has 0 radical (unpaired) electrons. The fourth-order valence-electron chi connectivity index (χ4n) is 7.86. The summed E-state index contributed by atoms with van der Waals surface area (Å²) in [6.07, 6.45) is 3.66. The number of benzene rings is 8. The zero-order valence-electron chi connectivity index (χ0n) is 29.5. The number of hydrogen-bond acceptors (Lipinski definition) is 5. The quantitative estimate of drug-likeness (QED) is 0.166. The second kappa shape index (κ2) is 12.8. The van der Waals surface area contributed by atoms with Gasteiger partial charge in [0, 0.05) is 49.3 Å². The van der Waals surface area contributed by atoms with Gasteiger partial charge in [-0.1, -0.05) is 140 Å². The van der Waals surface area contributed by atoms with Crippen molar-refractivity contribution in [3.8, 4) is 56.4 Å². The molecule has 0 N–H and O–H groups in total. The average Bonchev–Trinajstić information content (AvgIpc) is 3.64. The summed E-state index contributed by atoms with van der Waals surface area (Å²) in [5.41, 5.74) is 7.26. The first-order valence-corrected chi connectivity index (χ1v) is 19.2. The minimum absolute atomic E-state index is 0.632. The fourth-order valence-corrected chi connectivity index (χ4v) is 8.99. The summed E-state index contributed by atoms with van der Waals surface area (Å²) < 4.78 is 2.65. The monoisotopic (exact) mass is 718 g/mol. The maximum Gasteiger partial charge on any atom is 0.164 e. The van der Waals surface area contributed by atoms with E-state index in [-0.39, 0.29) is 0 Å². The van der Waals surface area contributed by atoms with E-state index in [1.165, 1.54) is 58.1 Å². The van der Waals surface area contributed by atoms with Crippen molar-refractivity contribution in [2.75, 3.05) is 0 Å². The van der Waals surface area contributed by atoms with Crippen LogP contribution in [-0.2, 0) is 0 Å².